The molecular formula is C22H16Br2N2O2. The second kappa shape index (κ2) is 9.48. The molecule has 3 aromatic carbocycles. The summed E-state index contributed by atoms with van der Waals surface area (Å²) in [5.41, 5.74) is 2.74. The Balaban J connectivity index is 1.63. The molecular weight excluding hydrogens is 484 g/mol. The van der Waals surface area contributed by atoms with E-state index in [-0.39, 0.29) is 11.8 Å². The Kier molecular flexibility index (Phi) is 6.79. The van der Waals surface area contributed by atoms with Gasteiger partial charge in [0.25, 0.3) is 5.91 Å². The van der Waals surface area contributed by atoms with Crippen LogP contribution in [-0.4, -0.2) is 11.8 Å². The van der Waals surface area contributed by atoms with Gasteiger partial charge in [0.05, 0.1) is 5.69 Å². The fourth-order valence-electron chi connectivity index (χ4n) is 2.44. The third kappa shape index (κ3) is 5.65. The van der Waals surface area contributed by atoms with Gasteiger partial charge in [0.1, 0.15) is 0 Å². The second-order valence-corrected chi connectivity index (χ2v) is 7.66. The highest BCUT2D eigenvalue weighted by Gasteiger charge is 2.09. The predicted molar refractivity (Wildman–Crippen MR) is 120 cm³/mol. The van der Waals surface area contributed by atoms with Crippen molar-refractivity contribution in [2.24, 2.45) is 0 Å². The first-order valence-corrected chi connectivity index (χ1v) is 10.0. The van der Waals surface area contributed by atoms with Gasteiger partial charge in [-0.15, -0.1) is 0 Å². The summed E-state index contributed by atoms with van der Waals surface area (Å²) in [4.78, 5) is 24.4. The van der Waals surface area contributed by atoms with Gasteiger partial charge in [-0.2, -0.15) is 0 Å². The maximum absolute atomic E-state index is 12.3. The van der Waals surface area contributed by atoms with E-state index in [1.165, 1.54) is 6.08 Å². The summed E-state index contributed by atoms with van der Waals surface area (Å²) in [5, 5.41) is 5.64. The molecule has 2 N–H and O–H groups in total. The second-order valence-electron chi connectivity index (χ2n) is 5.89. The van der Waals surface area contributed by atoms with Crippen LogP contribution < -0.4 is 10.6 Å². The molecule has 0 unspecified atom stereocenters. The van der Waals surface area contributed by atoms with E-state index in [9.17, 15) is 9.59 Å². The largest absolute Gasteiger partial charge is 0.322 e. The Hall–Kier alpha value is -2.70. The van der Waals surface area contributed by atoms with Crippen molar-refractivity contribution in [3.63, 3.8) is 0 Å². The number of anilines is 2. The molecule has 0 atom stereocenters. The minimum absolute atomic E-state index is 0.199. The average molecular weight is 500 g/mol. The van der Waals surface area contributed by atoms with Crippen molar-refractivity contribution in [3.8, 4) is 0 Å². The van der Waals surface area contributed by atoms with Crippen LogP contribution in [0.5, 0.6) is 0 Å². The maximum Gasteiger partial charge on any atom is 0.255 e. The van der Waals surface area contributed by atoms with Gasteiger partial charge in [-0.3, -0.25) is 9.59 Å². The standard InChI is InChI=1S/C22H16Br2N2O2/c23-17-8-4-5-15(13-17)9-12-21(27)25-18-10-11-20(19(24)14-18)26-22(28)16-6-2-1-3-7-16/h1-14H,(H,25,27)(H,26,28)/b12-9+. The third-order valence-electron chi connectivity index (χ3n) is 3.80. The van der Waals surface area contributed by atoms with Crippen LogP contribution in [0.25, 0.3) is 6.08 Å². The SMILES string of the molecule is O=C(/C=C/c1cccc(Br)c1)Nc1ccc(NC(=O)c2ccccc2)c(Br)c1. The van der Waals surface area contributed by atoms with Crippen molar-refractivity contribution in [3.05, 3.63) is 98.9 Å². The number of rotatable bonds is 5. The van der Waals surface area contributed by atoms with E-state index < -0.39 is 0 Å². The Bertz CT molecular complexity index is 1030. The minimum Gasteiger partial charge on any atom is -0.322 e. The van der Waals surface area contributed by atoms with Crippen LogP contribution in [0.15, 0.2) is 87.8 Å². The Morgan fingerprint density at radius 3 is 2.32 bits per heavy atom. The molecule has 0 aliphatic carbocycles. The first-order valence-electron chi connectivity index (χ1n) is 8.42. The Morgan fingerprint density at radius 1 is 0.821 bits per heavy atom. The lowest BCUT2D eigenvalue weighted by Crippen LogP contribution is -2.12. The van der Waals surface area contributed by atoms with Crippen molar-refractivity contribution in [1.82, 2.24) is 0 Å². The summed E-state index contributed by atoms with van der Waals surface area (Å²) in [6.07, 6.45) is 3.21. The lowest BCUT2D eigenvalue weighted by molar-refractivity contribution is -0.111. The number of carbonyl (C=O) groups excluding carboxylic acids is 2. The highest BCUT2D eigenvalue weighted by Crippen LogP contribution is 2.26. The van der Waals surface area contributed by atoms with E-state index in [1.807, 2.05) is 42.5 Å². The summed E-state index contributed by atoms with van der Waals surface area (Å²) >= 11 is 6.83. The summed E-state index contributed by atoms with van der Waals surface area (Å²) in [7, 11) is 0. The minimum atomic E-state index is -0.243. The molecule has 6 heteroatoms. The zero-order valence-corrected chi connectivity index (χ0v) is 17.8. The van der Waals surface area contributed by atoms with Crippen LogP contribution in [0.2, 0.25) is 0 Å². The number of hydrogen-bond acceptors (Lipinski definition) is 2. The number of carbonyl (C=O) groups is 2. The first-order chi connectivity index (χ1) is 13.5. The van der Waals surface area contributed by atoms with Gasteiger partial charge in [-0.05, 0) is 70.0 Å². The van der Waals surface area contributed by atoms with Gasteiger partial charge < -0.3 is 10.6 Å². The summed E-state index contributed by atoms with van der Waals surface area (Å²) in [6.45, 7) is 0. The van der Waals surface area contributed by atoms with Crippen LogP contribution in [0, 0.1) is 0 Å². The van der Waals surface area contributed by atoms with E-state index in [4.69, 9.17) is 0 Å². The molecule has 3 rings (SSSR count). The van der Waals surface area contributed by atoms with Gasteiger partial charge in [-0.25, -0.2) is 0 Å². The van der Waals surface area contributed by atoms with Crippen molar-refractivity contribution < 1.29 is 9.59 Å². The molecule has 0 saturated carbocycles. The highest BCUT2D eigenvalue weighted by molar-refractivity contribution is 9.10. The number of amides is 2. The molecule has 0 radical (unpaired) electrons. The lowest BCUT2D eigenvalue weighted by atomic mass is 10.2. The Labute approximate surface area is 179 Å². The molecule has 28 heavy (non-hydrogen) atoms. The van der Waals surface area contributed by atoms with Crippen LogP contribution in [0.3, 0.4) is 0 Å². The smallest absolute Gasteiger partial charge is 0.255 e. The molecule has 3 aromatic rings. The normalized spacial score (nSPS) is 10.6. The van der Waals surface area contributed by atoms with Crippen LogP contribution in [0.4, 0.5) is 11.4 Å². The topological polar surface area (TPSA) is 58.2 Å². The fourth-order valence-corrected chi connectivity index (χ4v) is 3.34. The van der Waals surface area contributed by atoms with Crippen molar-refractivity contribution in [2.45, 2.75) is 0 Å². The van der Waals surface area contributed by atoms with E-state index in [2.05, 4.69) is 42.5 Å². The van der Waals surface area contributed by atoms with Crippen LogP contribution in [0.1, 0.15) is 15.9 Å². The molecule has 0 bridgehead atoms. The lowest BCUT2D eigenvalue weighted by Gasteiger charge is -2.10. The third-order valence-corrected chi connectivity index (χ3v) is 4.95. The van der Waals surface area contributed by atoms with E-state index >= 15 is 0 Å². The zero-order valence-electron chi connectivity index (χ0n) is 14.7. The molecule has 0 heterocycles. The van der Waals surface area contributed by atoms with Crippen LogP contribution >= 0.6 is 31.9 Å². The molecule has 140 valence electrons. The summed E-state index contributed by atoms with van der Waals surface area (Å²) in [5.74, 6) is -0.442. The number of benzene rings is 3. The molecule has 0 aliphatic rings. The van der Waals surface area contributed by atoms with Gasteiger partial charge in [0, 0.05) is 26.3 Å². The van der Waals surface area contributed by atoms with Gasteiger partial charge in [-0.1, -0.05) is 46.3 Å². The molecule has 0 fully saturated rings. The van der Waals surface area contributed by atoms with Gasteiger partial charge in [0.2, 0.25) is 5.91 Å². The quantitative estimate of drug-likeness (QED) is 0.415. The summed E-state index contributed by atoms with van der Waals surface area (Å²) in [6, 6.07) is 21.8. The van der Waals surface area contributed by atoms with E-state index in [0.717, 1.165) is 10.0 Å². The number of hydrogen-bond donors (Lipinski definition) is 2. The zero-order chi connectivity index (χ0) is 19.9. The number of nitrogens with one attached hydrogen (secondary N) is 2. The van der Waals surface area contributed by atoms with Crippen LogP contribution in [-0.2, 0) is 4.79 Å². The predicted octanol–water partition coefficient (Wildman–Crippen LogP) is 6.12. The highest BCUT2D eigenvalue weighted by atomic mass is 79.9. The maximum atomic E-state index is 12.3. The van der Waals surface area contributed by atoms with Gasteiger partial charge in [0.15, 0.2) is 0 Å². The molecule has 0 aromatic heterocycles. The first kappa shape index (κ1) is 20.0. The molecule has 2 amide bonds. The Morgan fingerprint density at radius 2 is 1.61 bits per heavy atom. The molecule has 0 spiro atoms. The monoisotopic (exact) mass is 498 g/mol. The van der Waals surface area contributed by atoms with E-state index in [0.29, 0.717) is 21.4 Å². The molecule has 4 nitrogen and oxygen atoms in total. The van der Waals surface area contributed by atoms with Crippen molar-refractivity contribution >= 4 is 61.1 Å². The average Bonchev–Trinajstić information content (AvgIpc) is 2.69. The summed E-state index contributed by atoms with van der Waals surface area (Å²) < 4.78 is 1.62. The molecule has 0 aliphatic heterocycles. The van der Waals surface area contributed by atoms with E-state index in [1.54, 1.807) is 36.4 Å². The number of halogens is 2. The van der Waals surface area contributed by atoms with Crippen molar-refractivity contribution in [1.29, 1.82) is 0 Å². The van der Waals surface area contributed by atoms with Crippen molar-refractivity contribution in [2.75, 3.05) is 10.6 Å². The van der Waals surface area contributed by atoms with Gasteiger partial charge >= 0.3 is 0 Å². The molecule has 0 saturated heterocycles. The fraction of sp³-hybridized carbons (Fsp3) is 0.